The van der Waals surface area contributed by atoms with Crippen LogP contribution in [-0.4, -0.2) is 67.4 Å². The van der Waals surface area contributed by atoms with Crippen LogP contribution in [0.5, 0.6) is 0 Å². The average Bonchev–Trinajstić information content (AvgIpc) is 2.74. The van der Waals surface area contributed by atoms with Crippen LogP contribution in [0.3, 0.4) is 0 Å². The van der Waals surface area contributed by atoms with Crippen LogP contribution in [0.2, 0.25) is 0 Å². The van der Waals surface area contributed by atoms with Crippen LogP contribution < -0.4 is 15.5 Å². The number of aliphatic imine (C=N–C) groups is 1. The first kappa shape index (κ1) is 26.9. The number of piperidine rings is 2. The Morgan fingerprint density at radius 3 is 2.47 bits per heavy atom. The molecule has 3 N–H and O–H groups in total. The molecule has 6 nitrogen and oxygen atoms in total. The molecule has 0 radical (unpaired) electrons. The van der Waals surface area contributed by atoms with Gasteiger partial charge in [0.2, 0.25) is 0 Å². The Kier molecular flexibility index (Phi) is 11.2. The van der Waals surface area contributed by atoms with E-state index >= 15 is 0 Å². The van der Waals surface area contributed by atoms with Crippen molar-refractivity contribution >= 4 is 35.6 Å². The van der Waals surface area contributed by atoms with Crippen molar-refractivity contribution in [1.82, 2.24) is 15.5 Å². The lowest BCUT2D eigenvalue weighted by molar-refractivity contribution is 0.145. The molecule has 3 rings (SSSR count). The van der Waals surface area contributed by atoms with E-state index in [-0.39, 0.29) is 35.9 Å². The quantitative estimate of drug-likeness (QED) is 0.207. The molecule has 2 fully saturated rings. The molecule has 2 aliphatic heterocycles. The van der Waals surface area contributed by atoms with Crippen molar-refractivity contribution in [3.63, 3.8) is 0 Å². The molecule has 0 aromatic heterocycles. The van der Waals surface area contributed by atoms with Gasteiger partial charge in [0.1, 0.15) is 5.82 Å². The van der Waals surface area contributed by atoms with Crippen molar-refractivity contribution in [2.45, 2.75) is 58.2 Å². The van der Waals surface area contributed by atoms with E-state index in [2.05, 4.69) is 36.0 Å². The predicted molar refractivity (Wildman–Crippen MR) is 141 cm³/mol. The number of nitrogens with one attached hydrogen (secondary N) is 2. The van der Waals surface area contributed by atoms with Gasteiger partial charge < -0.3 is 20.6 Å². The summed E-state index contributed by atoms with van der Waals surface area (Å²) < 4.78 is 14.7. The van der Waals surface area contributed by atoms with E-state index in [4.69, 9.17) is 4.99 Å². The molecule has 2 aliphatic rings. The second kappa shape index (κ2) is 13.3. The van der Waals surface area contributed by atoms with E-state index in [0.717, 1.165) is 50.5 Å². The van der Waals surface area contributed by atoms with Gasteiger partial charge in [0.15, 0.2) is 5.96 Å². The van der Waals surface area contributed by atoms with E-state index in [0.29, 0.717) is 44.2 Å². The van der Waals surface area contributed by atoms with Gasteiger partial charge in [-0.1, -0.05) is 18.2 Å². The number of anilines is 1. The SMILES string of the molecule is C=C(C)CN1CCC(NC(=NCc2ccc(N3CCC(O)CC3)c(F)c2)NCC)CC1.I. The molecule has 8 heteroatoms. The number of aliphatic hydroxyl groups excluding tert-OH is 1. The van der Waals surface area contributed by atoms with Crippen LogP contribution >= 0.6 is 24.0 Å². The number of halogens is 2. The zero-order valence-corrected chi connectivity index (χ0v) is 21.8. The molecule has 0 amide bonds. The second-order valence-electron chi connectivity index (χ2n) is 8.85. The first-order valence-corrected chi connectivity index (χ1v) is 11.6. The predicted octanol–water partition coefficient (Wildman–Crippen LogP) is 3.50. The van der Waals surface area contributed by atoms with Crippen molar-refractivity contribution in [3.8, 4) is 0 Å². The molecule has 2 saturated heterocycles. The van der Waals surface area contributed by atoms with Crippen molar-refractivity contribution in [2.75, 3.05) is 44.2 Å². The molecular weight excluding hydrogens is 520 g/mol. The third-order valence-electron chi connectivity index (χ3n) is 6.00. The summed E-state index contributed by atoms with van der Waals surface area (Å²) in [7, 11) is 0. The third kappa shape index (κ3) is 8.19. The lowest BCUT2D eigenvalue weighted by Crippen LogP contribution is -2.48. The molecule has 1 aromatic rings. The van der Waals surface area contributed by atoms with Crippen LogP contribution in [0.25, 0.3) is 0 Å². The lowest BCUT2D eigenvalue weighted by atomic mass is 10.0. The van der Waals surface area contributed by atoms with Gasteiger partial charge in [0.25, 0.3) is 0 Å². The van der Waals surface area contributed by atoms with Crippen LogP contribution in [0, 0.1) is 5.82 Å². The number of nitrogens with zero attached hydrogens (tertiary/aromatic N) is 3. The van der Waals surface area contributed by atoms with Gasteiger partial charge in [-0.15, -0.1) is 24.0 Å². The zero-order valence-electron chi connectivity index (χ0n) is 19.4. The largest absolute Gasteiger partial charge is 0.393 e. The highest BCUT2D eigenvalue weighted by atomic mass is 127. The minimum atomic E-state index is -0.261. The number of hydrogen-bond donors (Lipinski definition) is 3. The molecule has 1 aromatic carbocycles. The highest BCUT2D eigenvalue weighted by Crippen LogP contribution is 2.24. The van der Waals surface area contributed by atoms with Gasteiger partial charge in [0.05, 0.1) is 18.3 Å². The smallest absolute Gasteiger partial charge is 0.191 e. The summed E-state index contributed by atoms with van der Waals surface area (Å²) in [4.78, 5) is 9.15. The van der Waals surface area contributed by atoms with Gasteiger partial charge in [-0.05, 0) is 57.2 Å². The summed E-state index contributed by atoms with van der Waals surface area (Å²) in [5, 5.41) is 16.5. The summed E-state index contributed by atoms with van der Waals surface area (Å²) in [6, 6.07) is 5.78. The molecular formula is C24H39FIN5O. The van der Waals surface area contributed by atoms with Crippen LogP contribution in [0.15, 0.2) is 35.3 Å². The minimum absolute atomic E-state index is 0. The Labute approximate surface area is 209 Å². The highest BCUT2D eigenvalue weighted by Gasteiger charge is 2.21. The molecule has 0 spiro atoms. The number of aliphatic hydroxyl groups is 1. The van der Waals surface area contributed by atoms with Crippen LogP contribution in [-0.2, 0) is 6.54 Å². The molecule has 0 aliphatic carbocycles. The van der Waals surface area contributed by atoms with E-state index in [1.165, 1.54) is 5.57 Å². The standard InChI is InChI=1S/C24H38FN5O.HI/c1-4-26-24(28-20-7-11-29(12-8-20)17-18(2)3)27-16-19-5-6-23(22(25)15-19)30-13-9-21(31)10-14-30;/h5-6,15,20-21,31H,2,4,7-14,16-17H2,1,3H3,(H2,26,27,28);1H. The van der Waals surface area contributed by atoms with Crippen molar-refractivity contribution in [1.29, 1.82) is 0 Å². The molecule has 0 saturated carbocycles. The molecule has 180 valence electrons. The maximum absolute atomic E-state index is 14.7. The summed E-state index contributed by atoms with van der Waals surface area (Å²) in [5.41, 5.74) is 2.68. The summed E-state index contributed by atoms with van der Waals surface area (Å²) in [6.45, 7) is 13.8. The third-order valence-corrected chi connectivity index (χ3v) is 6.00. The van der Waals surface area contributed by atoms with Crippen LogP contribution in [0.4, 0.5) is 10.1 Å². The fourth-order valence-electron chi connectivity index (χ4n) is 4.31. The van der Waals surface area contributed by atoms with Gasteiger partial charge in [-0.3, -0.25) is 4.90 Å². The van der Waals surface area contributed by atoms with Gasteiger partial charge in [-0.25, -0.2) is 9.38 Å². The van der Waals surface area contributed by atoms with Crippen molar-refractivity contribution < 1.29 is 9.50 Å². The van der Waals surface area contributed by atoms with Gasteiger partial charge >= 0.3 is 0 Å². The Morgan fingerprint density at radius 2 is 1.88 bits per heavy atom. The first-order chi connectivity index (χ1) is 14.9. The molecule has 32 heavy (non-hydrogen) atoms. The Bertz CT molecular complexity index is 759. The summed E-state index contributed by atoms with van der Waals surface area (Å²) in [6.07, 6.45) is 3.27. The molecule has 2 heterocycles. The molecule has 0 atom stereocenters. The van der Waals surface area contributed by atoms with Crippen molar-refractivity contribution in [2.24, 2.45) is 4.99 Å². The second-order valence-corrected chi connectivity index (χ2v) is 8.85. The van der Waals surface area contributed by atoms with E-state index < -0.39 is 0 Å². The zero-order chi connectivity index (χ0) is 22.2. The molecule has 0 bridgehead atoms. The Balaban J connectivity index is 0.00000363. The number of likely N-dealkylation sites (tertiary alicyclic amines) is 1. The lowest BCUT2D eigenvalue weighted by Gasteiger charge is -2.33. The Morgan fingerprint density at radius 1 is 1.19 bits per heavy atom. The van der Waals surface area contributed by atoms with Crippen LogP contribution in [0.1, 0.15) is 45.1 Å². The topological polar surface area (TPSA) is 63.1 Å². The fraction of sp³-hybridized carbons (Fsp3) is 0.625. The first-order valence-electron chi connectivity index (χ1n) is 11.6. The van der Waals surface area contributed by atoms with Gasteiger partial charge in [-0.2, -0.15) is 0 Å². The number of hydrogen-bond acceptors (Lipinski definition) is 4. The van der Waals surface area contributed by atoms with Crippen molar-refractivity contribution in [3.05, 3.63) is 41.7 Å². The van der Waals surface area contributed by atoms with E-state index in [1.807, 2.05) is 17.0 Å². The molecule has 0 unspecified atom stereocenters. The minimum Gasteiger partial charge on any atom is -0.393 e. The summed E-state index contributed by atoms with van der Waals surface area (Å²) >= 11 is 0. The van der Waals surface area contributed by atoms with E-state index in [9.17, 15) is 9.50 Å². The normalized spacial score (nSPS) is 18.9. The number of guanidine groups is 1. The maximum Gasteiger partial charge on any atom is 0.191 e. The van der Waals surface area contributed by atoms with Gasteiger partial charge in [0, 0.05) is 45.3 Å². The number of benzene rings is 1. The summed E-state index contributed by atoms with van der Waals surface area (Å²) in [5.74, 6) is 0.572. The number of rotatable bonds is 7. The van der Waals surface area contributed by atoms with E-state index in [1.54, 1.807) is 6.07 Å². The maximum atomic E-state index is 14.7. The highest BCUT2D eigenvalue weighted by molar-refractivity contribution is 14.0. The average molecular weight is 560 g/mol. The Hall–Kier alpha value is -1.39. The fourth-order valence-corrected chi connectivity index (χ4v) is 4.31. The monoisotopic (exact) mass is 559 g/mol.